The van der Waals surface area contributed by atoms with Crippen LogP contribution >= 0.6 is 0 Å². The van der Waals surface area contributed by atoms with E-state index in [0.29, 0.717) is 17.2 Å². The number of halogens is 1. The van der Waals surface area contributed by atoms with Gasteiger partial charge in [0.25, 0.3) is 0 Å². The molecule has 0 saturated heterocycles. The Hall–Kier alpha value is -3.28. The number of nitrogens with zero attached hydrogens (tertiary/aromatic N) is 3. The van der Waals surface area contributed by atoms with E-state index in [2.05, 4.69) is 4.98 Å². The molecule has 0 aliphatic carbocycles. The minimum Gasteiger partial charge on any atom is -0.478 e. The van der Waals surface area contributed by atoms with E-state index in [9.17, 15) is 9.18 Å². The first-order valence-corrected chi connectivity index (χ1v) is 8.17. The Morgan fingerprint density at radius 3 is 2.50 bits per heavy atom. The van der Waals surface area contributed by atoms with Gasteiger partial charge in [-0.3, -0.25) is 4.98 Å². The largest absolute Gasteiger partial charge is 0.478 e. The summed E-state index contributed by atoms with van der Waals surface area (Å²) in [7, 11) is 0. The molecule has 0 fully saturated rings. The third kappa shape index (κ3) is 3.54. The lowest BCUT2D eigenvalue weighted by atomic mass is 10.1. The Bertz CT molecular complexity index is 945. The molecule has 2 heterocycles. The molecule has 0 amide bonds. The molecule has 0 radical (unpaired) electrons. The molecule has 0 saturated carbocycles. The lowest BCUT2D eigenvalue weighted by Gasteiger charge is -2.10. The number of pyridine rings is 1. The highest BCUT2D eigenvalue weighted by Gasteiger charge is 2.21. The maximum Gasteiger partial charge on any atom is 0.329 e. The van der Waals surface area contributed by atoms with Crippen molar-refractivity contribution in [3.05, 3.63) is 66.5 Å². The third-order valence-electron chi connectivity index (χ3n) is 3.87. The number of aliphatic carboxylic acids is 1. The van der Waals surface area contributed by atoms with Crippen molar-refractivity contribution in [2.24, 2.45) is 0 Å². The lowest BCUT2D eigenvalue weighted by molar-refractivity contribution is -0.131. The number of carboxylic acid groups (broad SMARTS) is 1. The second-order valence-electron chi connectivity index (χ2n) is 6.09. The molecule has 3 rings (SSSR count). The first-order valence-electron chi connectivity index (χ1n) is 8.17. The predicted octanol–water partition coefficient (Wildman–Crippen LogP) is 4.43. The maximum absolute atomic E-state index is 13.3. The van der Waals surface area contributed by atoms with Gasteiger partial charge >= 0.3 is 5.97 Å². The van der Waals surface area contributed by atoms with Gasteiger partial charge in [-0.2, -0.15) is 0 Å². The fraction of sp³-hybridized carbons (Fsp3) is 0.150. The van der Waals surface area contributed by atoms with Crippen molar-refractivity contribution in [3.8, 4) is 22.5 Å². The van der Waals surface area contributed by atoms with Crippen molar-refractivity contribution < 1.29 is 14.3 Å². The summed E-state index contributed by atoms with van der Waals surface area (Å²) >= 11 is 0. The molecule has 1 N–H and O–H groups in total. The summed E-state index contributed by atoms with van der Waals surface area (Å²) in [4.78, 5) is 19.9. The Kier molecular flexibility index (Phi) is 4.93. The van der Waals surface area contributed by atoms with Crippen LogP contribution in [0.25, 0.3) is 28.7 Å². The molecule has 0 bridgehead atoms. The van der Waals surface area contributed by atoms with Gasteiger partial charge in [-0.25, -0.2) is 14.2 Å². The second-order valence-corrected chi connectivity index (χ2v) is 6.09. The summed E-state index contributed by atoms with van der Waals surface area (Å²) in [6.07, 6.45) is 5.92. The summed E-state index contributed by atoms with van der Waals surface area (Å²) in [6, 6.07) is 9.76. The molecule has 132 valence electrons. The fourth-order valence-corrected chi connectivity index (χ4v) is 2.73. The van der Waals surface area contributed by atoms with Gasteiger partial charge in [0, 0.05) is 41.7 Å². The number of hydrogen-bond donors (Lipinski definition) is 1. The van der Waals surface area contributed by atoms with Gasteiger partial charge in [0.1, 0.15) is 11.6 Å². The average molecular weight is 351 g/mol. The zero-order chi connectivity index (χ0) is 18.7. The minimum absolute atomic E-state index is 0.0538. The van der Waals surface area contributed by atoms with Gasteiger partial charge in [-0.15, -0.1) is 0 Å². The molecule has 0 atom stereocenters. The van der Waals surface area contributed by atoms with Gasteiger partial charge in [0.15, 0.2) is 0 Å². The summed E-state index contributed by atoms with van der Waals surface area (Å²) < 4.78 is 15.1. The van der Waals surface area contributed by atoms with Crippen molar-refractivity contribution in [1.82, 2.24) is 14.5 Å². The number of imidazole rings is 1. The molecular weight excluding hydrogens is 333 g/mol. The maximum atomic E-state index is 13.3. The van der Waals surface area contributed by atoms with Gasteiger partial charge in [-0.05, 0) is 36.4 Å². The molecule has 2 aromatic heterocycles. The number of carbonyl (C=O) groups is 1. The van der Waals surface area contributed by atoms with Crippen LogP contribution in [0.4, 0.5) is 4.39 Å². The summed E-state index contributed by atoms with van der Waals surface area (Å²) in [5, 5.41) is 9.05. The molecule has 5 nitrogen and oxygen atoms in total. The number of hydrogen-bond acceptors (Lipinski definition) is 3. The quantitative estimate of drug-likeness (QED) is 0.691. The Morgan fingerprint density at radius 2 is 1.92 bits per heavy atom. The van der Waals surface area contributed by atoms with Crippen LogP contribution in [0.3, 0.4) is 0 Å². The van der Waals surface area contributed by atoms with Crippen LogP contribution in [-0.4, -0.2) is 25.6 Å². The molecule has 26 heavy (non-hydrogen) atoms. The first kappa shape index (κ1) is 17.5. The monoisotopic (exact) mass is 351 g/mol. The van der Waals surface area contributed by atoms with E-state index >= 15 is 0 Å². The van der Waals surface area contributed by atoms with Crippen LogP contribution in [0.2, 0.25) is 0 Å². The highest BCUT2D eigenvalue weighted by molar-refractivity contribution is 5.85. The number of benzene rings is 1. The number of carboxylic acids is 1. The third-order valence-corrected chi connectivity index (χ3v) is 3.87. The van der Waals surface area contributed by atoms with Crippen molar-refractivity contribution in [1.29, 1.82) is 0 Å². The van der Waals surface area contributed by atoms with Crippen molar-refractivity contribution in [2.45, 2.75) is 19.8 Å². The zero-order valence-corrected chi connectivity index (χ0v) is 14.4. The van der Waals surface area contributed by atoms with Crippen molar-refractivity contribution >= 4 is 12.2 Å². The smallest absolute Gasteiger partial charge is 0.329 e. The highest BCUT2D eigenvalue weighted by atomic mass is 19.1. The average Bonchev–Trinajstić information content (AvgIpc) is 3.01. The molecule has 3 aromatic rings. The van der Waals surface area contributed by atoms with Gasteiger partial charge < -0.3 is 9.67 Å². The van der Waals surface area contributed by atoms with Gasteiger partial charge in [-0.1, -0.05) is 13.8 Å². The summed E-state index contributed by atoms with van der Waals surface area (Å²) in [5.41, 5.74) is 2.90. The lowest BCUT2D eigenvalue weighted by Crippen LogP contribution is -2.01. The van der Waals surface area contributed by atoms with Gasteiger partial charge in [0.05, 0.1) is 11.4 Å². The van der Waals surface area contributed by atoms with E-state index in [1.807, 2.05) is 19.9 Å². The van der Waals surface area contributed by atoms with E-state index in [1.165, 1.54) is 18.3 Å². The van der Waals surface area contributed by atoms with Crippen LogP contribution in [0.5, 0.6) is 0 Å². The number of rotatable bonds is 5. The predicted molar refractivity (Wildman–Crippen MR) is 97.9 cm³/mol. The van der Waals surface area contributed by atoms with E-state index in [4.69, 9.17) is 10.1 Å². The molecule has 0 aliphatic heterocycles. The van der Waals surface area contributed by atoms with Crippen LogP contribution in [0.1, 0.15) is 25.6 Å². The normalized spacial score (nSPS) is 11.4. The topological polar surface area (TPSA) is 68.0 Å². The SMILES string of the molecule is CC(C)c1nc(-c2ccc(F)cc2)c(-c2cccnc2)n1C=CC(=O)O. The highest BCUT2D eigenvalue weighted by Crippen LogP contribution is 2.35. The standard InChI is InChI=1S/C20H18FN3O2/c1-13(2)20-23-18(14-5-7-16(21)8-6-14)19(15-4-3-10-22-12-15)24(20)11-9-17(25)26/h3-13H,1-2H3,(H,25,26). The minimum atomic E-state index is -1.05. The zero-order valence-electron chi connectivity index (χ0n) is 14.4. The van der Waals surface area contributed by atoms with E-state index in [-0.39, 0.29) is 11.7 Å². The van der Waals surface area contributed by atoms with Crippen LogP contribution in [0, 0.1) is 5.82 Å². The Morgan fingerprint density at radius 1 is 1.19 bits per heavy atom. The fourth-order valence-electron chi connectivity index (χ4n) is 2.73. The molecule has 6 heteroatoms. The van der Waals surface area contributed by atoms with Crippen molar-refractivity contribution in [2.75, 3.05) is 0 Å². The van der Waals surface area contributed by atoms with Crippen molar-refractivity contribution in [3.63, 3.8) is 0 Å². The molecule has 0 unspecified atom stereocenters. The Labute approximate surface area is 150 Å². The first-order chi connectivity index (χ1) is 12.5. The van der Waals surface area contributed by atoms with E-state index in [0.717, 1.165) is 17.2 Å². The van der Waals surface area contributed by atoms with E-state index in [1.54, 1.807) is 35.2 Å². The van der Waals surface area contributed by atoms with Crippen LogP contribution in [-0.2, 0) is 4.79 Å². The van der Waals surface area contributed by atoms with E-state index < -0.39 is 5.97 Å². The molecular formula is C20H18FN3O2. The molecule has 0 spiro atoms. The second kappa shape index (κ2) is 7.31. The Balaban J connectivity index is 2.31. The molecule has 0 aliphatic rings. The summed E-state index contributed by atoms with van der Waals surface area (Å²) in [5.74, 6) is -0.612. The molecule has 1 aromatic carbocycles. The number of aromatic nitrogens is 3. The summed E-state index contributed by atoms with van der Waals surface area (Å²) in [6.45, 7) is 3.96. The van der Waals surface area contributed by atoms with Crippen LogP contribution < -0.4 is 0 Å². The van der Waals surface area contributed by atoms with Gasteiger partial charge in [0.2, 0.25) is 0 Å². The van der Waals surface area contributed by atoms with Crippen LogP contribution in [0.15, 0.2) is 54.9 Å².